The summed E-state index contributed by atoms with van der Waals surface area (Å²) in [6, 6.07) is 1.44. The average Bonchev–Trinajstić information content (AvgIpc) is 2.26. The zero-order valence-corrected chi connectivity index (χ0v) is 10.5. The van der Waals surface area contributed by atoms with Gasteiger partial charge in [-0.2, -0.15) is 0 Å². The van der Waals surface area contributed by atoms with Crippen LogP contribution in [0.2, 0.25) is 5.15 Å². The molecule has 0 unspecified atom stereocenters. The molecule has 92 valence electrons. The molecular weight excluding hydrogens is 242 g/mol. The molecule has 0 aliphatic heterocycles. The maximum Gasteiger partial charge on any atom is 0.307 e. The number of nitrogens with zero attached hydrogens (tertiary/aromatic N) is 2. The van der Waals surface area contributed by atoms with Gasteiger partial charge in [0, 0.05) is 17.3 Å². The molecule has 1 aromatic heterocycles. The van der Waals surface area contributed by atoms with Crippen molar-refractivity contribution in [3.8, 4) is 0 Å². The normalized spacial score (nSPS) is 11.0. The molecule has 0 aliphatic rings. The number of hydrogen-bond acceptors (Lipinski definition) is 4. The number of aryl methyl sites for hydroxylation is 1. The highest BCUT2D eigenvalue weighted by molar-refractivity contribution is 6.31. The summed E-state index contributed by atoms with van der Waals surface area (Å²) in [4.78, 5) is 14.1. The number of rotatable bonds is 5. The van der Waals surface area contributed by atoms with Crippen LogP contribution in [0, 0.1) is 17.0 Å². The molecule has 0 radical (unpaired) electrons. The van der Waals surface area contributed by atoms with Gasteiger partial charge in [-0.3, -0.25) is 10.1 Å². The molecule has 1 rings (SSSR count). The standard InChI is InChI=1S/C11H14ClN3O2/c1-8-9(5-3-4-6-13-2)7-10(15(16)17)11(12)14-8/h3,5,7,13H,4,6H2,1-2H3. The van der Waals surface area contributed by atoms with E-state index in [-0.39, 0.29) is 10.8 Å². The van der Waals surface area contributed by atoms with Crippen LogP contribution in [0.25, 0.3) is 6.08 Å². The van der Waals surface area contributed by atoms with Crippen molar-refractivity contribution in [3.63, 3.8) is 0 Å². The summed E-state index contributed by atoms with van der Waals surface area (Å²) in [5, 5.41) is 13.7. The Morgan fingerprint density at radius 2 is 2.35 bits per heavy atom. The first-order valence-corrected chi connectivity index (χ1v) is 5.56. The number of aromatic nitrogens is 1. The lowest BCUT2D eigenvalue weighted by Crippen LogP contribution is -2.05. The first-order valence-electron chi connectivity index (χ1n) is 5.19. The predicted molar refractivity (Wildman–Crippen MR) is 68.2 cm³/mol. The SMILES string of the molecule is CNCCC=Cc1cc([N+](=O)[O-])c(Cl)nc1C. The van der Waals surface area contributed by atoms with Gasteiger partial charge in [-0.15, -0.1) is 0 Å². The van der Waals surface area contributed by atoms with Crippen molar-refractivity contribution >= 4 is 23.4 Å². The lowest BCUT2D eigenvalue weighted by molar-refractivity contribution is -0.385. The molecule has 5 nitrogen and oxygen atoms in total. The maximum atomic E-state index is 10.7. The van der Waals surface area contributed by atoms with E-state index in [0.29, 0.717) is 5.69 Å². The molecule has 0 bridgehead atoms. The molecule has 1 aromatic rings. The van der Waals surface area contributed by atoms with Gasteiger partial charge in [0.05, 0.1) is 4.92 Å². The van der Waals surface area contributed by atoms with E-state index in [4.69, 9.17) is 11.6 Å². The van der Waals surface area contributed by atoms with Gasteiger partial charge in [0.2, 0.25) is 5.15 Å². The van der Waals surface area contributed by atoms with Crippen molar-refractivity contribution in [1.82, 2.24) is 10.3 Å². The first kappa shape index (κ1) is 13.6. The van der Waals surface area contributed by atoms with Gasteiger partial charge in [0.1, 0.15) is 0 Å². The van der Waals surface area contributed by atoms with Crippen molar-refractivity contribution in [1.29, 1.82) is 0 Å². The van der Waals surface area contributed by atoms with E-state index in [1.54, 1.807) is 6.92 Å². The van der Waals surface area contributed by atoms with E-state index in [2.05, 4.69) is 10.3 Å². The highest BCUT2D eigenvalue weighted by Crippen LogP contribution is 2.25. The molecule has 0 aromatic carbocycles. The number of halogens is 1. The Kier molecular flexibility index (Phi) is 5.06. The van der Waals surface area contributed by atoms with Crippen LogP contribution in [0.4, 0.5) is 5.69 Å². The van der Waals surface area contributed by atoms with Crippen LogP contribution in [0.15, 0.2) is 12.1 Å². The van der Waals surface area contributed by atoms with Crippen LogP contribution in [0.1, 0.15) is 17.7 Å². The van der Waals surface area contributed by atoms with Crippen LogP contribution in [-0.2, 0) is 0 Å². The Balaban J connectivity index is 2.95. The molecule has 0 aliphatic carbocycles. The fourth-order valence-corrected chi connectivity index (χ4v) is 1.57. The third-order valence-electron chi connectivity index (χ3n) is 2.24. The van der Waals surface area contributed by atoms with Crippen LogP contribution >= 0.6 is 11.6 Å². The molecule has 0 spiro atoms. The quantitative estimate of drug-likeness (QED) is 0.380. The second kappa shape index (κ2) is 6.32. The Hall–Kier alpha value is -1.46. The number of hydrogen-bond donors (Lipinski definition) is 1. The minimum absolute atomic E-state index is 0.0696. The van der Waals surface area contributed by atoms with E-state index in [1.807, 2.05) is 19.2 Å². The minimum Gasteiger partial charge on any atom is -0.319 e. The van der Waals surface area contributed by atoms with Crippen molar-refractivity contribution in [2.24, 2.45) is 0 Å². The zero-order valence-electron chi connectivity index (χ0n) is 9.74. The van der Waals surface area contributed by atoms with Crippen LogP contribution in [-0.4, -0.2) is 23.5 Å². The van der Waals surface area contributed by atoms with Crippen molar-refractivity contribution in [2.75, 3.05) is 13.6 Å². The van der Waals surface area contributed by atoms with E-state index in [9.17, 15) is 10.1 Å². The molecule has 0 saturated carbocycles. The Morgan fingerprint density at radius 1 is 1.65 bits per heavy atom. The predicted octanol–water partition coefficient (Wildman–Crippen LogP) is 2.57. The minimum atomic E-state index is -0.528. The topological polar surface area (TPSA) is 68.1 Å². The fourth-order valence-electron chi connectivity index (χ4n) is 1.32. The first-order chi connectivity index (χ1) is 8.06. The molecule has 1 heterocycles. The van der Waals surface area contributed by atoms with Gasteiger partial charge >= 0.3 is 5.69 Å². The number of nitro groups is 1. The third kappa shape index (κ3) is 3.80. The summed E-state index contributed by atoms with van der Waals surface area (Å²) in [6.07, 6.45) is 4.62. The molecule has 1 N–H and O–H groups in total. The summed E-state index contributed by atoms with van der Waals surface area (Å²) in [6.45, 7) is 2.63. The summed E-state index contributed by atoms with van der Waals surface area (Å²) >= 11 is 5.69. The van der Waals surface area contributed by atoms with Gasteiger partial charge in [-0.05, 0) is 26.9 Å². The van der Waals surface area contributed by atoms with E-state index in [1.165, 1.54) is 6.07 Å². The lowest BCUT2D eigenvalue weighted by Gasteiger charge is -2.01. The molecular formula is C11H14ClN3O2. The monoisotopic (exact) mass is 255 g/mol. The molecule has 6 heteroatoms. The Bertz CT molecular complexity index is 447. The van der Waals surface area contributed by atoms with Crippen LogP contribution in [0.3, 0.4) is 0 Å². The molecule has 0 atom stereocenters. The highest BCUT2D eigenvalue weighted by atomic mass is 35.5. The largest absolute Gasteiger partial charge is 0.319 e. The summed E-state index contributed by atoms with van der Waals surface area (Å²) in [5.41, 5.74) is 1.24. The van der Waals surface area contributed by atoms with Crippen molar-refractivity contribution in [3.05, 3.63) is 38.7 Å². The lowest BCUT2D eigenvalue weighted by atomic mass is 10.1. The number of nitrogens with one attached hydrogen (secondary N) is 1. The second-order valence-corrected chi connectivity index (χ2v) is 3.88. The van der Waals surface area contributed by atoms with Gasteiger partial charge in [-0.25, -0.2) is 4.98 Å². The fraction of sp³-hybridized carbons (Fsp3) is 0.364. The number of pyridine rings is 1. The van der Waals surface area contributed by atoms with Gasteiger partial charge < -0.3 is 5.32 Å². The van der Waals surface area contributed by atoms with Crippen LogP contribution < -0.4 is 5.32 Å². The van der Waals surface area contributed by atoms with Gasteiger partial charge in [-0.1, -0.05) is 23.8 Å². The molecule has 0 amide bonds. The van der Waals surface area contributed by atoms with Crippen molar-refractivity contribution in [2.45, 2.75) is 13.3 Å². The summed E-state index contributed by atoms with van der Waals surface area (Å²) in [7, 11) is 1.87. The zero-order chi connectivity index (χ0) is 12.8. The Morgan fingerprint density at radius 3 is 2.94 bits per heavy atom. The van der Waals surface area contributed by atoms with Crippen LogP contribution in [0.5, 0.6) is 0 Å². The van der Waals surface area contributed by atoms with E-state index >= 15 is 0 Å². The van der Waals surface area contributed by atoms with Gasteiger partial charge in [0.15, 0.2) is 0 Å². The maximum absolute atomic E-state index is 10.7. The average molecular weight is 256 g/mol. The summed E-state index contributed by atoms with van der Waals surface area (Å²) < 4.78 is 0. The Labute approximate surface area is 105 Å². The molecule has 17 heavy (non-hydrogen) atoms. The third-order valence-corrected chi connectivity index (χ3v) is 2.52. The smallest absolute Gasteiger partial charge is 0.307 e. The van der Waals surface area contributed by atoms with E-state index in [0.717, 1.165) is 18.5 Å². The second-order valence-electron chi connectivity index (χ2n) is 3.52. The van der Waals surface area contributed by atoms with Crippen molar-refractivity contribution < 1.29 is 4.92 Å². The molecule has 0 fully saturated rings. The summed E-state index contributed by atoms with van der Waals surface area (Å²) in [5.74, 6) is 0. The molecule has 0 saturated heterocycles. The highest BCUT2D eigenvalue weighted by Gasteiger charge is 2.15. The van der Waals surface area contributed by atoms with E-state index < -0.39 is 4.92 Å². The van der Waals surface area contributed by atoms with Gasteiger partial charge in [0.25, 0.3) is 0 Å².